The molecular weight excluding hydrogens is 651 g/mol. The summed E-state index contributed by atoms with van der Waals surface area (Å²) >= 11 is 1.87. The third-order valence-electron chi connectivity index (χ3n) is 11.2. The maximum Gasteiger partial charge on any atom is 0.0708 e. The Morgan fingerprint density at radius 1 is 0.481 bits per heavy atom. The Morgan fingerprint density at radius 2 is 1.15 bits per heavy atom. The highest BCUT2D eigenvalue weighted by Crippen LogP contribution is 2.57. The molecule has 0 saturated heterocycles. The molecule has 2 aliphatic rings. The summed E-state index contributed by atoms with van der Waals surface area (Å²) in [6, 6.07) is 57.8. The Labute approximate surface area is 306 Å². The summed E-state index contributed by atoms with van der Waals surface area (Å²) < 4.78 is 2.53. The lowest BCUT2D eigenvalue weighted by atomic mass is 9.77. The average molecular weight is 684 g/mol. The van der Waals surface area contributed by atoms with Crippen molar-refractivity contribution in [2.45, 2.75) is 29.1 Å². The van der Waals surface area contributed by atoms with Crippen LogP contribution in [-0.2, 0) is 5.41 Å². The van der Waals surface area contributed by atoms with Crippen LogP contribution < -0.4 is 4.90 Å². The van der Waals surface area contributed by atoms with Crippen LogP contribution in [0, 0.1) is 0 Å². The SMILES string of the molecule is CC1(C)c2c(cccc2-c2cccc3ncccc23)-c2cccc(-n3c4ccccc4c4cc5c(cc43)N(c3ccccc3)c3ccccc3S5)c21. The molecule has 0 bridgehead atoms. The highest BCUT2D eigenvalue weighted by atomic mass is 32.2. The van der Waals surface area contributed by atoms with Crippen LogP contribution in [0.3, 0.4) is 0 Å². The summed E-state index contributed by atoms with van der Waals surface area (Å²) in [5, 5.41) is 3.71. The predicted octanol–water partition coefficient (Wildman–Crippen LogP) is 13.2. The molecule has 3 nitrogen and oxygen atoms in total. The number of benzene rings is 7. The molecule has 3 heterocycles. The lowest BCUT2D eigenvalue weighted by molar-refractivity contribution is 0.658. The molecule has 0 N–H and O–H groups in total. The third kappa shape index (κ3) is 4.07. The van der Waals surface area contributed by atoms with E-state index in [4.69, 9.17) is 4.98 Å². The van der Waals surface area contributed by atoms with Gasteiger partial charge in [0.2, 0.25) is 0 Å². The monoisotopic (exact) mass is 683 g/mol. The van der Waals surface area contributed by atoms with E-state index in [-0.39, 0.29) is 5.41 Å². The highest BCUT2D eigenvalue weighted by molar-refractivity contribution is 7.99. The molecule has 1 aliphatic carbocycles. The van der Waals surface area contributed by atoms with E-state index in [0.717, 1.165) is 11.2 Å². The van der Waals surface area contributed by atoms with Gasteiger partial charge in [-0.05, 0) is 94.0 Å². The largest absolute Gasteiger partial charge is 0.309 e. The normalized spacial score (nSPS) is 14.0. The first-order valence-corrected chi connectivity index (χ1v) is 18.7. The molecular formula is C48H33N3S. The highest BCUT2D eigenvalue weighted by Gasteiger charge is 2.40. The van der Waals surface area contributed by atoms with E-state index in [1.54, 1.807) is 0 Å². The Morgan fingerprint density at radius 3 is 2.04 bits per heavy atom. The second-order valence-corrected chi connectivity index (χ2v) is 15.4. The molecule has 0 amide bonds. The molecule has 2 aromatic heterocycles. The van der Waals surface area contributed by atoms with Gasteiger partial charge in [0, 0.05) is 43.2 Å². The minimum Gasteiger partial charge on any atom is -0.309 e. The number of rotatable bonds is 3. The van der Waals surface area contributed by atoms with Crippen molar-refractivity contribution in [3.63, 3.8) is 0 Å². The van der Waals surface area contributed by atoms with Gasteiger partial charge >= 0.3 is 0 Å². The molecule has 4 heteroatoms. The quantitative estimate of drug-likeness (QED) is 0.185. The number of anilines is 3. The smallest absolute Gasteiger partial charge is 0.0708 e. The second kappa shape index (κ2) is 10.9. The number of nitrogens with zero attached hydrogens (tertiary/aromatic N) is 3. The van der Waals surface area contributed by atoms with Crippen LogP contribution in [0.4, 0.5) is 17.1 Å². The number of hydrogen-bond donors (Lipinski definition) is 0. The van der Waals surface area contributed by atoms with Crippen LogP contribution in [-0.4, -0.2) is 9.55 Å². The van der Waals surface area contributed by atoms with Crippen LogP contribution in [0.15, 0.2) is 174 Å². The molecule has 1 aliphatic heterocycles. The lowest BCUT2D eigenvalue weighted by Gasteiger charge is -2.33. The first kappa shape index (κ1) is 29.6. The van der Waals surface area contributed by atoms with E-state index in [1.165, 1.54) is 87.4 Å². The van der Waals surface area contributed by atoms with Gasteiger partial charge in [0.25, 0.3) is 0 Å². The number of fused-ring (bicyclic) bond motifs is 9. The van der Waals surface area contributed by atoms with Crippen LogP contribution in [0.2, 0.25) is 0 Å². The van der Waals surface area contributed by atoms with Crippen LogP contribution in [0.5, 0.6) is 0 Å². The molecule has 11 rings (SSSR count). The van der Waals surface area contributed by atoms with Gasteiger partial charge in [0.15, 0.2) is 0 Å². The number of pyridine rings is 1. The second-order valence-electron chi connectivity index (χ2n) is 14.4. The zero-order valence-electron chi connectivity index (χ0n) is 28.8. The van der Waals surface area contributed by atoms with Gasteiger partial charge in [0.1, 0.15) is 0 Å². The molecule has 0 fully saturated rings. The molecule has 52 heavy (non-hydrogen) atoms. The molecule has 7 aromatic carbocycles. The summed E-state index contributed by atoms with van der Waals surface area (Å²) in [6.45, 7) is 4.82. The fraction of sp³-hybridized carbons (Fsp3) is 0.0625. The molecule has 0 atom stereocenters. The maximum absolute atomic E-state index is 4.70. The van der Waals surface area contributed by atoms with Crippen molar-refractivity contribution in [1.82, 2.24) is 9.55 Å². The van der Waals surface area contributed by atoms with Crippen molar-refractivity contribution in [2.75, 3.05) is 4.90 Å². The molecule has 0 saturated carbocycles. The Hall–Kier alpha value is -6.10. The summed E-state index contributed by atoms with van der Waals surface area (Å²) in [4.78, 5) is 9.66. The van der Waals surface area contributed by atoms with Crippen molar-refractivity contribution in [3.8, 4) is 27.9 Å². The number of para-hydroxylation sites is 3. The van der Waals surface area contributed by atoms with E-state index in [2.05, 4.69) is 175 Å². The number of hydrogen-bond acceptors (Lipinski definition) is 3. The van der Waals surface area contributed by atoms with Gasteiger partial charge in [-0.25, -0.2) is 0 Å². The van der Waals surface area contributed by atoms with Crippen molar-refractivity contribution < 1.29 is 0 Å². The summed E-state index contributed by atoms with van der Waals surface area (Å²) in [7, 11) is 0. The molecule has 0 radical (unpaired) electrons. The van der Waals surface area contributed by atoms with Crippen molar-refractivity contribution in [1.29, 1.82) is 0 Å². The first-order chi connectivity index (χ1) is 25.6. The molecule has 0 unspecified atom stereocenters. The zero-order chi connectivity index (χ0) is 34.6. The van der Waals surface area contributed by atoms with E-state index in [1.807, 2.05) is 24.0 Å². The minimum absolute atomic E-state index is 0.279. The van der Waals surface area contributed by atoms with Gasteiger partial charge in [0.05, 0.1) is 33.6 Å². The fourth-order valence-electron chi connectivity index (χ4n) is 9.08. The number of aromatic nitrogens is 2. The van der Waals surface area contributed by atoms with Crippen molar-refractivity contribution >= 4 is 61.5 Å². The maximum atomic E-state index is 4.70. The Kier molecular flexibility index (Phi) is 6.24. The van der Waals surface area contributed by atoms with Gasteiger partial charge in [-0.2, -0.15) is 0 Å². The van der Waals surface area contributed by atoms with E-state index >= 15 is 0 Å². The first-order valence-electron chi connectivity index (χ1n) is 17.9. The van der Waals surface area contributed by atoms with Crippen LogP contribution in [0.1, 0.15) is 25.0 Å². The predicted molar refractivity (Wildman–Crippen MR) is 218 cm³/mol. The Balaban J connectivity index is 1.18. The van der Waals surface area contributed by atoms with Gasteiger partial charge in [-0.1, -0.05) is 123 Å². The van der Waals surface area contributed by atoms with Gasteiger partial charge in [-0.3, -0.25) is 4.98 Å². The minimum atomic E-state index is -0.279. The molecule has 0 spiro atoms. The zero-order valence-corrected chi connectivity index (χ0v) is 29.7. The fourth-order valence-corrected chi connectivity index (χ4v) is 10.2. The van der Waals surface area contributed by atoms with Crippen LogP contribution in [0.25, 0.3) is 60.6 Å². The lowest BCUT2D eigenvalue weighted by Crippen LogP contribution is -2.19. The topological polar surface area (TPSA) is 21.1 Å². The summed E-state index contributed by atoms with van der Waals surface area (Å²) in [6.07, 6.45) is 1.88. The molecule has 9 aromatic rings. The average Bonchev–Trinajstić information content (AvgIpc) is 3.64. The van der Waals surface area contributed by atoms with E-state index in [9.17, 15) is 0 Å². The summed E-state index contributed by atoms with van der Waals surface area (Å²) in [5.41, 5.74) is 15.8. The van der Waals surface area contributed by atoms with E-state index < -0.39 is 0 Å². The van der Waals surface area contributed by atoms with Crippen molar-refractivity contribution in [2.24, 2.45) is 0 Å². The Bertz CT molecular complexity index is 2920. The van der Waals surface area contributed by atoms with E-state index in [0.29, 0.717) is 0 Å². The summed E-state index contributed by atoms with van der Waals surface area (Å²) in [5.74, 6) is 0. The molecule has 246 valence electrons. The third-order valence-corrected chi connectivity index (χ3v) is 12.3. The van der Waals surface area contributed by atoms with Crippen molar-refractivity contribution in [3.05, 3.63) is 175 Å². The van der Waals surface area contributed by atoms with Gasteiger partial charge < -0.3 is 9.47 Å². The van der Waals surface area contributed by atoms with Gasteiger partial charge in [-0.15, -0.1) is 0 Å². The standard InChI is InChI=1S/C48H33N3S/c1-48(2)46-34(31-17-11-22-38-32(31)21-13-27-49-38)18-10-19-35(46)36-20-12-25-41(47(36)48)51-39-23-7-6-16-33(39)37-28-45-43(29-42(37)51)50(30-14-4-3-5-15-30)40-24-8-9-26-44(40)52-45/h3-29H,1-2H3. The van der Waals surface area contributed by atoms with Crippen LogP contribution >= 0.6 is 11.8 Å².